The zero-order valence-corrected chi connectivity index (χ0v) is 13.3. The van der Waals surface area contributed by atoms with Gasteiger partial charge in [0.25, 0.3) is 0 Å². The van der Waals surface area contributed by atoms with E-state index < -0.39 is 0 Å². The molecule has 0 amide bonds. The van der Waals surface area contributed by atoms with Crippen molar-refractivity contribution >= 4 is 11.6 Å². The van der Waals surface area contributed by atoms with Gasteiger partial charge in [-0.3, -0.25) is 4.68 Å². The van der Waals surface area contributed by atoms with E-state index in [2.05, 4.69) is 28.9 Å². The summed E-state index contributed by atoms with van der Waals surface area (Å²) in [4.78, 5) is 0. The lowest BCUT2D eigenvalue weighted by Gasteiger charge is -2.31. The Morgan fingerprint density at radius 1 is 1.50 bits per heavy atom. The number of hydrogen-bond donors (Lipinski definition) is 1. The predicted octanol–water partition coefficient (Wildman–Crippen LogP) is 3.41. The molecule has 0 saturated carbocycles. The average Bonchev–Trinajstić information content (AvgIpc) is 2.83. The third-order valence-corrected chi connectivity index (χ3v) is 4.14. The van der Waals surface area contributed by atoms with Gasteiger partial charge in [0.15, 0.2) is 0 Å². The highest BCUT2D eigenvalue weighted by Crippen LogP contribution is 2.33. The van der Waals surface area contributed by atoms with Gasteiger partial charge in [-0.2, -0.15) is 5.10 Å². The molecule has 1 aromatic rings. The van der Waals surface area contributed by atoms with Gasteiger partial charge < -0.3 is 10.1 Å². The first kappa shape index (κ1) is 15.8. The molecular weight excluding hydrogens is 274 g/mol. The van der Waals surface area contributed by atoms with E-state index in [9.17, 15) is 0 Å². The second kappa shape index (κ2) is 8.01. The molecule has 0 spiro atoms. The van der Waals surface area contributed by atoms with Gasteiger partial charge in [0.1, 0.15) is 0 Å². The standard InChI is InChI=1S/C15H26ClN3O/c1-3-7-17-14(12-6-5-9-20-11-12)15-13(16)10-18-19(15)8-4-2/h10,12,14,17H,3-9,11H2,1-2H3. The highest BCUT2D eigenvalue weighted by atomic mass is 35.5. The van der Waals surface area contributed by atoms with Crippen LogP contribution in [0.1, 0.15) is 51.3 Å². The average molecular weight is 300 g/mol. The minimum atomic E-state index is 0.247. The van der Waals surface area contributed by atoms with Crippen molar-refractivity contribution in [1.82, 2.24) is 15.1 Å². The van der Waals surface area contributed by atoms with Gasteiger partial charge in [0.2, 0.25) is 0 Å². The van der Waals surface area contributed by atoms with E-state index in [0.29, 0.717) is 5.92 Å². The molecule has 0 aromatic carbocycles. The second-order valence-corrected chi connectivity index (χ2v) is 5.92. The van der Waals surface area contributed by atoms with Crippen LogP contribution < -0.4 is 5.32 Å². The molecule has 2 unspecified atom stereocenters. The monoisotopic (exact) mass is 299 g/mol. The molecule has 4 nitrogen and oxygen atoms in total. The summed E-state index contributed by atoms with van der Waals surface area (Å²) in [5.74, 6) is 0.486. The molecule has 1 fully saturated rings. The third-order valence-electron chi connectivity index (χ3n) is 3.84. The topological polar surface area (TPSA) is 39.1 Å². The number of aromatic nitrogens is 2. The zero-order valence-electron chi connectivity index (χ0n) is 12.6. The Morgan fingerprint density at radius 3 is 3.00 bits per heavy atom. The Kier molecular flexibility index (Phi) is 6.33. The van der Waals surface area contributed by atoms with Crippen molar-refractivity contribution in [1.29, 1.82) is 0 Å². The molecule has 114 valence electrons. The number of nitrogens with zero attached hydrogens (tertiary/aromatic N) is 2. The molecule has 1 N–H and O–H groups in total. The van der Waals surface area contributed by atoms with E-state index in [0.717, 1.165) is 56.3 Å². The van der Waals surface area contributed by atoms with E-state index in [1.165, 1.54) is 6.42 Å². The predicted molar refractivity (Wildman–Crippen MR) is 82.1 cm³/mol. The summed E-state index contributed by atoms with van der Waals surface area (Å²) in [6.45, 7) is 7.96. The van der Waals surface area contributed by atoms with Crippen LogP contribution in [0.25, 0.3) is 0 Å². The minimum absolute atomic E-state index is 0.247. The smallest absolute Gasteiger partial charge is 0.0834 e. The largest absolute Gasteiger partial charge is 0.381 e. The Morgan fingerprint density at radius 2 is 2.35 bits per heavy atom. The van der Waals surface area contributed by atoms with E-state index in [-0.39, 0.29) is 6.04 Å². The molecule has 1 aliphatic rings. The summed E-state index contributed by atoms with van der Waals surface area (Å²) in [6, 6.07) is 0.247. The van der Waals surface area contributed by atoms with Crippen molar-refractivity contribution in [3.05, 3.63) is 16.9 Å². The molecule has 0 aliphatic carbocycles. The van der Waals surface area contributed by atoms with Gasteiger partial charge in [-0.05, 0) is 32.2 Å². The number of ether oxygens (including phenoxy) is 1. The van der Waals surface area contributed by atoms with Gasteiger partial charge >= 0.3 is 0 Å². The summed E-state index contributed by atoms with van der Waals surface area (Å²) in [6.07, 6.45) is 6.27. The quantitative estimate of drug-likeness (QED) is 0.838. The Bertz CT molecular complexity index is 402. The molecule has 2 atom stereocenters. The van der Waals surface area contributed by atoms with Crippen LogP contribution in [0.4, 0.5) is 0 Å². The van der Waals surface area contributed by atoms with Crippen molar-refractivity contribution in [3.63, 3.8) is 0 Å². The molecule has 2 rings (SSSR count). The molecule has 2 heterocycles. The van der Waals surface area contributed by atoms with Gasteiger partial charge in [-0.1, -0.05) is 25.4 Å². The van der Waals surface area contributed by atoms with Gasteiger partial charge in [0.05, 0.1) is 29.6 Å². The van der Waals surface area contributed by atoms with E-state index in [1.54, 1.807) is 6.20 Å². The Hall–Kier alpha value is -0.580. The van der Waals surface area contributed by atoms with Crippen LogP contribution >= 0.6 is 11.6 Å². The Labute approximate surface area is 126 Å². The number of nitrogens with one attached hydrogen (secondary N) is 1. The maximum absolute atomic E-state index is 6.41. The molecule has 0 radical (unpaired) electrons. The lowest BCUT2D eigenvalue weighted by Crippen LogP contribution is -2.35. The SMILES string of the molecule is CCCNC(c1c(Cl)cnn1CCC)C1CCCOC1. The van der Waals surface area contributed by atoms with Crippen LogP contribution in [-0.4, -0.2) is 29.5 Å². The van der Waals surface area contributed by atoms with E-state index in [1.807, 2.05) is 0 Å². The highest BCUT2D eigenvalue weighted by Gasteiger charge is 2.29. The maximum Gasteiger partial charge on any atom is 0.0834 e. The fourth-order valence-corrected chi connectivity index (χ4v) is 3.14. The van der Waals surface area contributed by atoms with E-state index in [4.69, 9.17) is 16.3 Å². The van der Waals surface area contributed by atoms with Crippen LogP contribution in [0, 0.1) is 5.92 Å². The highest BCUT2D eigenvalue weighted by molar-refractivity contribution is 6.31. The van der Waals surface area contributed by atoms with Crippen molar-refractivity contribution in [2.75, 3.05) is 19.8 Å². The normalized spacial score (nSPS) is 21.1. The number of hydrogen-bond acceptors (Lipinski definition) is 3. The van der Waals surface area contributed by atoms with Crippen LogP contribution in [0.3, 0.4) is 0 Å². The van der Waals surface area contributed by atoms with Crippen molar-refractivity contribution < 1.29 is 4.74 Å². The van der Waals surface area contributed by atoms with Gasteiger partial charge in [-0.15, -0.1) is 0 Å². The first-order chi connectivity index (χ1) is 9.77. The van der Waals surface area contributed by atoms with Crippen LogP contribution in [-0.2, 0) is 11.3 Å². The summed E-state index contributed by atoms with van der Waals surface area (Å²) < 4.78 is 7.73. The van der Waals surface area contributed by atoms with Crippen molar-refractivity contribution in [2.24, 2.45) is 5.92 Å². The fraction of sp³-hybridized carbons (Fsp3) is 0.800. The lowest BCUT2D eigenvalue weighted by molar-refractivity contribution is 0.0376. The first-order valence-electron chi connectivity index (χ1n) is 7.80. The summed E-state index contributed by atoms with van der Waals surface area (Å²) in [5, 5.41) is 8.86. The molecule has 20 heavy (non-hydrogen) atoms. The molecule has 1 saturated heterocycles. The zero-order chi connectivity index (χ0) is 14.4. The summed E-state index contributed by atoms with van der Waals surface area (Å²) in [7, 11) is 0. The lowest BCUT2D eigenvalue weighted by atomic mass is 9.91. The van der Waals surface area contributed by atoms with Gasteiger partial charge in [0, 0.05) is 19.1 Å². The second-order valence-electron chi connectivity index (χ2n) is 5.51. The molecular formula is C15H26ClN3O. The number of rotatable bonds is 7. The number of halogens is 1. The molecule has 1 aliphatic heterocycles. The van der Waals surface area contributed by atoms with Gasteiger partial charge in [-0.25, -0.2) is 0 Å². The Balaban J connectivity index is 2.22. The molecule has 1 aromatic heterocycles. The van der Waals surface area contributed by atoms with Crippen molar-refractivity contribution in [3.8, 4) is 0 Å². The van der Waals surface area contributed by atoms with Crippen LogP contribution in [0.15, 0.2) is 6.20 Å². The number of aryl methyl sites for hydroxylation is 1. The summed E-state index contributed by atoms with van der Waals surface area (Å²) in [5.41, 5.74) is 1.14. The fourth-order valence-electron chi connectivity index (χ4n) is 2.89. The first-order valence-corrected chi connectivity index (χ1v) is 8.18. The van der Waals surface area contributed by atoms with E-state index >= 15 is 0 Å². The minimum Gasteiger partial charge on any atom is -0.381 e. The van der Waals surface area contributed by atoms with Crippen LogP contribution in [0.5, 0.6) is 0 Å². The third kappa shape index (κ3) is 3.74. The maximum atomic E-state index is 6.41. The molecule has 5 heteroatoms. The van der Waals surface area contributed by atoms with Crippen LogP contribution in [0.2, 0.25) is 5.02 Å². The molecule has 0 bridgehead atoms. The summed E-state index contributed by atoms with van der Waals surface area (Å²) >= 11 is 6.41. The van der Waals surface area contributed by atoms with Crippen molar-refractivity contribution in [2.45, 2.75) is 52.1 Å².